The molecule has 0 atom stereocenters. The van der Waals surface area contributed by atoms with Crippen LogP contribution in [0.25, 0.3) is 21.3 Å². The van der Waals surface area contributed by atoms with Crippen LogP contribution in [0.3, 0.4) is 0 Å². The number of hydrogen-bond donors (Lipinski definition) is 0. The van der Waals surface area contributed by atoms with Crippen LogP contribution < -0.4 is 10.5 Å². The molecule has 0 aliphatic carbocycles. The van der Waals surface area contributed by atoms with E-state index in [1.54, 1.807) is 29.2 Å². The van der Waals surface area contributed by atoms with Crippen molar-refractivity contribution in [2.24, 2.45) is 0 Å². The van der Waals surface area contributed by atoms with Gasteiger partial charge in [0, 0.05) is 42.8 Å². The van der Waals surface area contributed by atoms with Crippen molar-refractivity contribution in [2.75, 3.05) is 31.1 Å². The van der Waals surface area contributed by atoms with Crippen LogP contribution >= 0.6 is 11.3 Å². The van der Waals surface area contributed by atoms with Gasteiger partial charge in [-0.05, 0) is 42.0 Å². The quantitative estimate of drug-likeness (QED) is 0.460. The van der Waals surface area contributed by atoms with Crippen LogP contribution in [0.1, 0.15) is 0 Å². The molecule has 168 valence electrons. The summed E-state index contributed by atoms with van der Waals surface area (Å²) >= 11 is 1.34. The molecule has 0 saturated carbocycles. The van der Waals surface area contributed by atoms with Gasteiger partial charge in [0.05, 0.1) is 11.7 Å². The molecule has 0 spiro atoms. The monoisotopic (exact) mass is 466 g/mol. The first-order valence-corrected chi connectivity index (χ1v) is 11.4. The van der Waals surface area contributed by atoms with E-state index in [1.165, 1.54) is 46.5 Å². The fourth-order valence-electron chi connectivity index (χ4n) is 4.03. The highest BCUT2D eigenvalue weighted by atomic mass is 32.1. The zero-order chi connectivity index (χ0) is 22.9. The molecular formula is C24H20F2N4O2S. The minimum Gasteiger partial charge on any atom is -0.368 e. The Morgan fingerprint density at radius 3 is 2.24 bits per heavy atom. The Bertz CT molecular complexity index is 1360. The minimum atomic E-state index is -0.348. The Balaban J connectivity index is 1.32. The van der Waals surface area contributed by atoms with Crippen LogP contribution in [0.4, 0.5) is 14.5 Å². The Labute approximate surface area is 192 Å². The van der Waals surface area contributed by atoms with Crippen molar-refractivity contribution >= 4 is 33.1 Å². The summed E-state index contributed by atoms with van der Waals surface area (Å²) in [5, 5.41) is 2.26. The van der Waals surface area contributed by atoms with Crippen LogP contribution in [0.15, 0.2) is 65.0 Å². The third-order valence-electron chi connectivity index (χ3n) is 5.85. The fourth-order valence-corrected chi connectivity index (χ4v) is 4.94. The Hall–Kier alpha value is -3.59. The van der Waals surface area contributed by atoms with E-state index in [-0.39, 0.29) is 29.6 Å². The molecule has 1 amide bonds. The molecule has 4 aromatic rings. The lowest BCUT2D eigenvalue weighted by atomic mass is 10.1. The lowest BCUT2D eigenvalue weighted by Crippen LogP contribution is -2.50. The highest BCUT2D eigenvalue weighted by Crippen LogP contribution is 2.30. The van der Waals surface area contributed by atoms with Crippen molar-refractivity contribution in [1.82, 2.24) is 14.5 Å². The van der Waals surface area contributed by atoms with Crippen molar-refractivity contribution < 1.29 is 13.6 Å². The molecule has 2 aromatic heterocycles. The summed E-state index contributed by atoms with van der Waals surface area (Å²) in [4.78, 5) is 34.9. The molecule has 33 heavy (non-hydrogen) atoms. The van der Waals surface area contributed by atoms with E-state index in [0.29, 0.717) is 42.0 Å². The average Bonchev–Trinajstić information content (AvgIpc) is 3.27. The molecule has 6 nitrogen and oxygen atoms in total. The first-order chi connectivity index (χ1) is 16.0. The van der Waals surface area contributed by atoms with Gasteiger partial charge in [0.25, 0.3) is 5.56 Å². The zero-order valence-corrected chi connectivity index (χ0v) is 18.4. The number of aromatic nitrogens is 2. The zero-order valence-electron chi connectivity index (χ0n) is 17.6. The number of nitrogens with zero attached hydrogens (tertiary/aromatic N) is 4. The van der Waals surface area contributed by atoms with E-state index >= 15 is 0 Å². The van der Waals surface area contributed by atoms with Gasteiger partial charge in [-0.2, -0.15) is 0 Å². The third-order valence-corrected chi connectivity index (χ3v) is 6.73. The number of halogens is 2. The molecule has 0 N–H and O–H groups in total. The second-order valence-corrected chi connectivity index (χ2v) is 8.72. The minimum absolute atomic E-state index is 0.100. The van der Waals surface area contributed by atoms with E-state index in [1.807, 2.05) is 5.38 Å². The van der Waals surface area contributed by atoms with E-state index in [2.05, 4.69) is 9.88 Å². The van der Waals surface area contributed by atoms with Gasteiger partial charge in [-0.15, -0.1) is 11.3 Å². The van der Waals surface area contributed by atoms with Crippen LogP contribution in [0, 0.1) is 11.6 Å². The average molecular weight is 467 g/mol. The SMILES string of the molecule is O=C(Cn1cnc2scc(-c3ccc(F)cc3)c2c1=O)N1CCN(c2ccc(F)cc2)CC1. The Morgan fingerprint density at radius 1 is 0.939 bits per heavy atom. The number of anilines is 1. The number of carbonyl (C=O) groups is 1. The standard InChI is InChI=1S/C24H20F2N4O2S/c25-17-3-1-16(2-4-17)20-14-33-23-22(20)24(32)30(15-27-23)13-21(31)29-11-9-28(10-12-29)19-7-5-18(26)6-8-19/h1-8,14-15H,9-13H2. The second kappa shape index (κ2) is 8.74. The van der Waals surface area contributed by atoms with E-state index in [0.717, 1.165) is 11.3 Å². The smallest absolute Gasteiger partial charge is 0.263 e. The van der Waals surface area contributed by atoms with E-state index < -0.39 is 0 Å². The summed E-state index contributed by atoms with van der Waals surface area (Å²) in [5.41, 5.74) is 2.03. The summed E-state index contributed by atoms with van der Waals surface area (Å²) in [6.07, 6.45) is 1.41. The number of fused-ring (bicyclic) bond motifs is 1. The highest BCUT2D eigenvalue weighted by molar-refractivity contribution is 7.17. The maximum Gasteiger partial charge on any atom is 0.263 e. The molecule has 1 aliphatic heterocycles. The first kappa shape index (κ1) is 21.3. The second-order valence-electron chi connectivity index (χ2n) is 7.86. The van der Waals surface area contributed by atoms with E-state index in [9.17, 15) is 18.4 Å². The van der Waals surface area contributed by atoms with Gasteiger partial charge in [0.1, 0.15) is 23.0 Å². The Kier molecular flexibility index (Phi) is 5.63. The summed E-state index contributed by atoms with van der Waals surface area (Å²) < 4.78 is 27.8. The van der Waals surface area contributed by atoms with Crippen LogP contribution in [-0.2, 0) is 11.3 Å². The molecule has 0 unspecified atom stereocenters. The summed E-state index contributed by atoms with van der Waals surface area (Å²) in [7, 11) is 0. The number of hydrogen-bond acceptors (Lipinski definition) is 5. The third kappa shape index (κ3) is 4.23. The van der Waals surface area contributed by atoms with E-state index in [4.69, 9.17) is 0 Å². The summed E-state index contributed by atoms with van der Waals surface area (Å²) in [6.45, 7) is 2.18. The lowest BCUT2D eigenvalue weighted by Gasteiger charge is -2.36. The molecule has 1 aliphatic rings. The molecule has 0 radical (unpaired) electrons. The van der Waals surface area contributed by atoms with Crippen molar-refractivity contribution in [2.45, 2.75) is 6.54 Å². The molecule has 1 fully saturated rings. The maximum absolute atomic E-state index is 13.3. The predicted molar refractivity (Wildman–Crippen MR) is 124 cm³/mol. The largest absolute Gasteiger partial charge is 0.368 e. The molecule has 2 aromatic carbocycles. The maximum atomic E-state index is 13.3. The van der Waals surface area contributed by atoms with Gasteiger partial charge in [-0.25, -0.2) is 13.8 Å². The van der Waals surface area contributed by atoms with Gasteiger partial charge in [0.2, 0.25) is 5.91 Å². The van der Waals surface area contributed by atoms with Gasteiger partial charge in [-0.1, -0.05) is 12.1 Å². The lowest BCUT2D eigenvalue weighted by molar-refractivity contribution is -0.132. The predicted octanol–water partition coefficient (Wildman–Crippen LogP) is 3.75. The number of amides is 1. The van der Waals surface area contributed by atoms with Crippen LogP contribution in [-0.4, -0.2) is 46.5 Å². The van der Waals surface area contributed by atoms with Crippen molar-refractivity contribution in [3.05, 3.63) is 82.2 Å². The number of thiophene rings is 1. The molecule has 0 bridgehead atoms. The van der Waals surface area contributed by atoms with Crippen molar-refractivity contribution in [1.29, 1.82) is 0 Å². The molecule has 9 heteroatoms. The molecule has 3 heterocycles. The van der Waals surface area contributed by atoms with Gasteiger partial charge < -0.3 is 9.80 Å². The normalized spacial score (nSPS) is 14.1. The summed E-state index contributed by atoms with van der Waals surface area (Å²) in [5.74, 6) is -0.786. The van der Waals surface area contributed by atoms with Gasteiger partial charge >= 0.3 is 0 Å². The number of rotatable bonds is 4. The topological polar surface area (TPSA) is 58.4 Å². The van der Waals surface area contributed by atoms with Gasteiger partial charge in [0.15, 0.2) is 0 Å². The highest BCUT2D eigenvalue weighted by Gasteiger charge is 2.22. The number of benzene rings is 2. The van der Waals surface area contributed by atoms with Crippen LogP contribution in [0.2, 0.25) is 0 Å². The molecule has 1 saturated heterocycles. The van der Waals surface area contributed by atoms with Crippen molar-refractivity contribution in [3.8, 4) is 11.1 Å². The van der Waals surface area contributed by atoms with Crippen molar-refractivity contribution in [3.63, 3.8) is 0 Å². The number of piperazine rings is 1. The molecular weight excluding hydrogens is 446 g/mol. The first-order valence-electron chi connectivity index (χ1n) is 10.5. The van der Waals surface area contributed by atoms with Crippen LogP contribution in [0.5, 0.6) is 0 Å². The molecule has 5 rings (SSSR count). The van der Waals surface area contributed by atoms with Gasteiger partial charge in [-0.3, -0.25) is 14.2 Å². The fraction of sp³-hybridized carbons (Fsp3) is 0.208. The summed E-state index contributed by atoms with van der Waals surface area (Å²) in [6, 6.07) is 12.3. The Morgan fingerprint density at radius 2 is 1.58 bits per heavy atom. The number of carbonyl (C=O) groups excluding carboxylic acids is 1.